The lowest BCUT2D eigenvalue weighted by Gasteiger charge is -2.26. The van der Waals surface area contributed by atoms with Gasteiger partial charge in [-0.3, -0.25) is 4.90 Å². The molecule has 0 saturated carbocycles. The average Bonchev–Trinajstić information content (AvgIpc) is 2.45. The largest absolute Gasteiger partial charge is 0.573 e. The molecule has 1 saturated heterocycles. The number of halogens is 3. The Kier molecular flexibility index (Phi) is 6.10. The molecule has 0 aromatic heterocycles. The molecule has 1 aliphatic heterocycles. The molecule has 0 unspecified atom stereocenters. The van der Waals surface area contributed by atoms with Gasteiger partial charge in [0.15, 0.2) is 0 Å². The highest BCUT2D eigenvalue weighted by atomic mass is 19.4. The van der Waals surface area contributed by atoms with Crippen LogP contribution in [0.1, 0.15) is 0 Å². The number of nitrogens with zero attached hydrogens (tertiary/aromatic N) is 1. The molecule has 0 spiro atoms. The second kappa shape index (κ2) is 8.06. The minimum Gasteiger partial charge on any atom is -0.492 e. The standard InChI is InChI=1S/C14H17F3N2O5/c15-14(16,17)24-12-8-10(7-11(9-12)23-13(18)20)22-6-3-19-1-4-21-5-2-19/h7-9H,1-6H2,(H2,18,20). The molecule has 0 radical (unpaired) electrons. The number of hydrogen-bond acceptors (Lipinski definition) is 6. The van der Waals surface area contributed by atoms with Crippen LogP contribution in [-0.4, -0.2) is 56.8 Å². The summed E-state index contributed by atoms with van der Waals surface area (Å²) in [6.07, 6.45) is -6.03. The molecule has 1 aliphatic rings. The van der Waals surface area contributed by atoms with E-state index in [1.165, 1.54) is 6.07 Å². The maximum Gasteiger partial charge on any atom is 0.573 e. The van der Waals surface area contributed by atoms with Gasteiger partial charge in [-0.2, -0.15) is 0 Å². The van der Waals surface area contributed by atoms with Gasteiger partial charge in [0.2, 0.25) is 0 Å². The zero-order chi connectivity index (χ0) is 17.6. The number of morpholine rings is 1. The van der Waals surface area contributed by atoms with Crippen molar-refractivity contribution in [3.8, 4) is 17.2 Å². The van der Waals surface area contributed by atoms with Gasteiger partial charge in [0.05, 0.1) is 13.2 Å². The molecule has 0 bridgehead atoms. The highest BCUT2D eigenvalue weighted by Crippen LogP contribution is 2.31. The van der Waals surface area contributed by atoms with Crippen LogP contribution in [0.25, 0.3) is 0 Å². The van der Waals surface area contributed by atoms with Crippen LogP contribution in [0.2, 0.25) is 0 Å². The van der Waals surface area contributed by atoms with Gasteiger partial charge in [-0.1, -0.05) is 0 Å². The van der Waals surface area contributed by atoms with Crippen molar-refractivity contribution in [1.82, 2.24) is 4.90 Å². The Labute approximate surface area is 136 Å². The van der Waals surface area contributed by atoms with Gasteiger partial charge in [0, 0.05) is 37.8 Å². The van der Waals surface area contributed by atoms with Crippen molar-refractivity contribution >= 4 is 6.09 Å². The SMILES string of the molecule is NC(=O)Oc1cc(OCCN2CCOCC2)cc(OC(F)(F)F)c1. The van der Waals surface area contributed by atoms with Crippen molar-refractivity contribution in [2.75, 3.05) is 39.5 Å². The van der Waals surface area contributed by atoms with Crippen molar-refractivity contribution in [3.05, 3.63) is 18.2 Å². The Balaban J connectivity index is 2.00. The van der Waals surface area contributed by atoms with Crippen molar-refractivity contribution in [2.45, 2.75) is 6.36 Å². The summed E-state index contributed by atoms with van der Waals surface area (Å²) in [4.78, 5) is 12.9. The Morgan fingerprint density at radius 1 is 1.17 bits per heavy atom. The summed E-state index contributed by atoms with van der Waals surface area (Å²) in [5.74, 6) is -0.700. The zero-order valence-corrected chi connectivity index (χ0v) is 12.7. The van der Waals surface area contributed by atoms with E-state index in [-0.39, 0.29) is 18.1 Å². The minimum atomic E-state index is -4.88. The average molecular weight is 350 g/mol. The maximum absolute atomic E-state index is 12.3. The number of ether oxygens (including phenoxy) is 4. The van der Waals surface area contributed by atoms with Crippen molar-refractivity contribution in [3.63, 3.8) is 0 Å². The first kappa shape index (κ1) is 18.1. The van der Waals surface area contributed by atoms with Crippen molar-refractivity contribution in [2.24, 2.45) is 5.73 Å². The van der Waals surface area contributed by atoms with Crippen LogP contribution >= 0.6 is 0 Å². The summed E-state index contributed by atoms with van der Waals surface area (Å²) < 4.78 is 56.1. The van der Waals surface area contributed by atoms with Crippen molar-refractivity contribution in [1.29, 1.82) is 0 Å². The molecule has 1 aromatic rings. The number of alkyl halides is 3. The van der Waals surface area contributed by atoms with Crippen LogP contribution in [0.5, 0.6) is 17.2 Å². The molecular formula is C14H17F3N2O5. The molecule has 24 heavy (non-hydrogen) atoms. The maximum atomic E-state index is 12.3. The predicted octanol–water partition coefficient (Wildman–Crippen LogP) is 1.75. The molecule has 0 atom stereocenters. The third-order valence-electron chi connectivity index (χ3n) is 3.09. The van der Waals surface area contributed by atoms with Gasteiger partial charge in [0.1, 0.15) is 23.9 Å². The quantitative estimate of drug-likeness (QED) is 0.842. The molecule has 2 N–H and O–H groups in total. The van der Waals surface area contributed by atoms with Crippen LogP contribution in [0.15, 0.2) is 18.2 Å². The van der Waals surface area contributed by atoms with E-state index in [9.17, 15) is 18.0 Å². The molecule has 1 heterocycles. The normalized spacial score (nSPS) is 15.8. The van der Waals surface area contributed by atoms with Gasteiger partial charge < -0.3 is 24.7 Å². The summed E-state index contributed by atoms with van der Waals surface area (Å²) in [5.41, 5.74) is 4.87. The molecular weight excluding hydrogens is 333 g/mol. The topological polar surface area (TPSA) is 83.3 Å². The van der Waals surface area contributed by atoms with Crippen LogP contribution < -0.4 is 19.9 Å². The van der Waals surface area contributed by atoms with Gasteiger partial charge in [-0.25, -0.2) is 4.79 Å². The molecule has 1 fully saturated rings. The van der Waals surface area contributed by atoms with E-state index in [0.29, 0.717) is 19.8 Å². The fraction of sp³-hybridized carbons (Fsp3) is 0.500. The van der Waals surface area contributed by atoms with E-state index in [4.69, 9.17) is 15.2 Å². The third kappa shape index (κ3) is 6.50. The first-order valence-corrected chi connectivity index (χ1v) is 7.13. The highest BCUT2D eigenvalue weighted by molar-refractivity contribution is 5.68. The van der Waals surface area contributed by atoms with Crippen molar-refractivity contribution < 1.29 is 36.9 Å². The fourth-order valence-corrected chi connectivity index (χ4v) is 2.11. The Morgan fingerprint density at radius 2 is 1.79 bits per heavy atom. The number of carbonyl (C=O) groups is 1. The second-order valence-electron chi connectivity index (χ2n) is 4.91. The van der Waals surface area contributed by atoms with E-state index in [1.54, 1.807) is 0 Å². The monoisotopic (exact) mass is 350 g/mol. The van der Waals surface area contributed by atoms with E-state index >= 15 is 0 Å². The minimum absolute atomic E-state index is 0.0706. The predicted molar refractivity (Wildman–Crippen MR) is 76.1 cm³/mol. The summed E-state index contributed by atoms with van der Waals surface area (Å²) in [6, 6.07) is 3.21. The molecule has 0 aliphatic carbocycles. The number of amides is 1. The molecule has 7 nitrogen and oxygen atoms in total. The smallest absolute Gasteiger partial charge is 0.492 e. The Hall–Kier alpha value is -2.20. The number of primary amides is 1. The van der Waals surface area contributed by atoms with Gasteiger partial charge in [-0.05, 0) is 0 Å². The molecule has 1 aromatic carbocycles. The Morgan fingerprint density at radius 3 is 2.42 bits per heavy atom. The second-order valence-corrected chi connectivity index (χ2v) is 4.91. The summed E-state index contributed by atoms with van der Waals surface area (Å²) >= 11 is 0. The van der Waals surface area contributed by atoms with Crippen LogP contribution in [0.3, 0.4) is 0 Å². The van der Waals surface area contributed by atoms with Crippen LogP contribution in [0.4, 0.5) is 18.0 Å². The number of nitrogens with two attached hydrogens (primary N) is 1. The van der Waals surface area contributed by atoms with E-state index < -0.39 is 18.2 Å². The molecule has 1 amide bonds. The zero-order valence-electron chi connectivity index (χ0n) is 12.7. The van der Waals surface area contributed by atoms with Gasteiger partial charge in [-0.15, -0.1) is 13.2 Å². The van der Waals surface area contributed by atoms with Gasteiger partial charge >= 0.3 is 12.5 Å². The summed E-state index contributed by atoms with van der Waals surface area (Å²) in [7, 11) is 0. The van der Waals surface area contributed by atoms with Crippen LogP contribution in [0, 0.1) is 0 Å². The van der Waals surface area contributed by atoms with Gasteiger partial charge in [0.25, 0.3) is 0 Å². The molecule has 2 rings (SSSR count). The first-order chi connectivity index (χ1) is 11.3. The molecule has 134 valence electrons. The number of hydrogen-bond donors (Lipinski definition) is 1. The Bertz CT molecular complexity index is 562. The van der Waals surface area contributed by atoms with E-state index in [1.807, 2.05) is 0 Å². The lowest BCUT2D eigenvalue weighted by Crippen LogP contribution is -2.38. The summed E-state index contributed by atoms with van der Waals surface area (Å²) in [6.45, 7) is 3.61. The number of carbonyl (C=O) groups excluding carboxylic acids is 1. The first-order valence-electron chi connectivity index (χ1n) is 7.13. The van der Waals surface area contributed by atoms with E-state index in [2.05, 4.69) is 14.4 Å². The number of rotatable bonds is 6. The number of benzene rings is 1. The fourth-order valence-electron chi connectivity index (χ4n) is 2.11. The lowest BCUT2D eigenvalue weighted by atomic mass is 10.3. The summed E-state index contributed by atoms with van der Waals surface area (Å²) in [5, 5.41) is 0. The van der Waals surface area contributed by atoms with E-state index in [0.717, 1.165) is 25.2 Å². The lowest BCUT2D eigenvalue weighted by molar-refractivity contribution is -0.274. The third-order valence-corrected chi connectivity index (χ3v) is 3.09. The molecule has 10 heteroatoms. The van der Waals surface area contributed by atoms with Crippen LogP contribution in [-0.2, 0) is 4.74 Å². The highest BCUT2D eigenvalue weighted by Gasteiger charge is 2.31.